The lowest BCUT2D eigenvalue weighted by Crippen LogP contribution is -2.53. The quantitative estimate of drug-likeness (QED) is 0.636. The molecule has 3 amide bonds. The van der Waals surface area contributed by atoms with Crippen molar-refractivity contribution in [3.05, 3.63) is 41.4 Å². The fraction of sp³-hybridized carbons (Fsp3) is 0.500. The van der Waals surface area contributed by atoms with Crippen molar-refractivity contribution in [2.75, 3.05) is 6.54 Å². The molecule has 1 aromatic rings. The molecular weight excluding hydrogens is 436 g/mol. The van der Waals surface area contributed by atoms with E-state index in [1.807, 2.05) is 25.2 Å². The summed E-state index contributed by atoms with van der Waals surface area (Å²) < 4.78 is 4.97. The van der Waals surface area contributed by atoms with Gasteiger partial charge in [-0.25, -0.2) is 9.98 Å². The first-order chi connectivity index (χ1) is 16.3. The van der Waals surface area contributed by atoms with Gasteiger partial charge in [-0.3, -0.25) is 14.4 Å². The Hall–Kier alpha value is -3.56. The fourth-order valence-corrected chi connectivity index (χ4v) is 4.28. The number of rotatable bonds is 7. The van der Waals surface area contributed by atoms with Crippen LogP contribution in [0.3, 0.4) is 0 Å². The average molecular weight is 467 g/mol. The SMILES string of the molecule is Cc1cc(C(=O)N[C@@H](CC(=O)N2CCCC[C@@H]2C)C(=O)N[C@@H](C)C2=NC3=CC=CCC3=N2)no1. The highest BCUT2D eigenvalue weighted by Gasteiger charge is 2.32. The average Bonchev–Trinajstić information content (AvgIpc) is 3.45. The molecule has 1 aromatic heterocycles. The standard InChI is InChI=1S/C24H30N6O4/c1-14-8-6-7-11-30(14)21(31)13-19(28-24(33)20-12-15(2)34-29-20)23(32)25-16(3)22-26-17-9-4-5-10-18(17)27-22/h4-5,9,12,14,16,19H,6-8,10-11,13H2,1-3H3,(H,25,32)(H,28,33)/t14-,16-,19-/m0/s1. The third kappa shape index (κ3) is 5.32. The van der Waals surface area contributed by atoms with Gasteiger partial charge in [0.1, 0.15) is 11.8 Å². The van der Waals surface area contributed by atoms with Crippen LogP contribution >= 0.6 is 0 Å². The number of piperidine rings is 1. The summed E-state index contributed by atoms with van der Waals surface area (Å²) in [7, 11) is 0. The Balaban J connectivity index is 1.47. The molecule has 0 saturated carbocycles. The van der Waals surface area contributed by atoms with Crippen LogP contribution in [0.1, 0.15) is 62.2 Å². The second-order valence-corrected chi connectivity index (χ2v) is 8.93. The maximum absolute atomic E-state index is 13.2. The van der Waals surface area contributed by atoms with Crippen LogP contribution in [0.25, 0.3) is 0 Å². The molecule has 0 bridgehead atoms. The van der Waals surface area contributed by atoms with E-state index < -0.39 is 23.9 Å². The van der Waals surface area contributed by atoms with E-state index in [1.54, 1.807) is 18.7 Å². The molecule has 2 aliphatic heterocycles. The van der Waals surface area contributed by atoms with Crippen LogP contribution in [0.15, 0.2) is 44.5 Å². The number of fused-ring (bicyclic) bond motifs is 1. The van der Waals surface area contributed by atoms with Gasteiger partial charge in [-0.1, -0.05) is 17.3 Å². The first kappa shape index (κ1) is 23.6. The largest absolute Gasteiger partial charge is 0.361 e. The van der Waals surface area contributed by atoms with Gasteiger partial charge in [-0.15, -0.1) is 0 Å². The highest BCUT2D eigenvalue weighted by Crippen LogP contribution is 2.20. The Bertz CT molecular complexity index is 1100. The molecule has 0 aromatic carbocycles. The molecule has 1 fully saturated rings. The van der Waals surface area contributed by atoms with E-state index in [9.17, 15) is 14.4 Å². The minimum Gasteiger partial charge on any atom is -0.361 e. The number of amidine groups is 1. The van der Waals surface area contributed by atoms with Gasteiger partial charge in [-0.05, 0) is 46.1 Å². The van der Waals surface area contributed by atoms with Gasteiger partial charge in [-0.2, -0.15) is 0 Å². The van der Waals surface area contributed by atoms with Crippen molar-refractivity contribution < 1.29 is 18.9 Å². The summed E-state index contributed by atoms with van der Waals surface area (Å²) >= 11 is 0. The van der Waals surface area contributed by atoms with Gasteiger partial charge in [0.25, 0.3) is 5.91 Å². The van der Waals surface area contributed by atoms with Crippen molar-refractivity contribution in [2.24, 2.45) is 9.98 Å². The number of aromatic nitrogens is 1. The van der Waals surface area contributed by atoms with E-state index >= 15 is 0 Å². The zero-order chi connectivity index (χ0) is 24.2. The molecule has 180 valence electrons. The highest BCUT2D eigenvalue weighted by atomic mass is 16.5. The van der Waals surface area contributed by atoms with E-state index in [4.69, 9.17) is 4.52 Å². The smallest absolute Gasteiger partial charge is 0.274 e. The topological polar surface area (TPSA) is 129 Å². The maximum Gasteiger partial charge on any atom is 0.274 e. The molecule has 10 heteroatoms. The first-order valence-corrected chi connectivity index (χ1v) is 11.7. The van der Waals surface area contributed by atoms with Crippen molar-refractivity contribution in [1.29, 1.82) is 0 Å². The fourth-order valence-electron chi connectivity index (χ4n) is 4.28. The summed E-state index contributed by atoms with van der Waals surface area (Å²) in [5.41, 5.74) is 1.70. The van der Waals surface area contributed by atoms with E-state index in [2.05, 4.69) is 25.8 Å². The number of carbonyl (C=O) groups is 3. The molecule has 0 unspecified atom stereocenters. The Morgan fingerprint density at radius 2 is 2.06 bits per heavy atom. The van der Waals surface area contributed by atoms with Crippen molar-refractivity contribution >= 4 is 29.3 Å². The Labute approximate surface area is 198 Å². The molecule has 0 radical (unpaired) electrons. The van der Waals surface area contributed by atoms with Crippen molar-refractivity contribution in [3.63, 3.8) is 0 Å². The zero-order valence-electron chi connectivity index (χ0n) is 19.7. The van der Waals surface area contributed by atoms with Crippen LogP contribution in [0.4, 0.5) is 0 Å². The Morgan fingerprint density at radius 1 is 1.24 bits per heavy atom. The predicted octanol–water partition coefficient (Wildman–Crippen LogP) is 2.07. The zero-order valence-corrected chi connectivity index (χ0v) is 19.7. The van der Waals surface area contributed by atoms with Gasteiger partial charge in [0.15, 0.2) is 11.5 Å². The van der Waals surface area contributed by atoms with E-state index in [0.29, 0.717) is 24.6 Å². The molecule has 1 saturated heterocycles. The Morgan fingerprint density at radius 3 is 2.76 bits per heavy atom. The molecule has 2 N–H and O–H groups in total. The molecule has 4 rings (SSSR count). The van der Waals surface area contributed by atoms with Crippen LogP contribution in [-0.4, -0.2) is 64.0 Å². The maximum atomic E-state index is 13.2. The van der Waals surface area contributed by atoms with Gasteiger partial charge in [0.05, 0.1) is 23.9 Å². The molecule has 3 atom stereocenters. The number of hydrogen-bond donors (Lipinski definition) is 2. The third-order valence-electron chi connectivity index (χ3n) is 6.21. The number of nitrogens with one attached hydrogen (secondary N) is 2. The van der Waals surface area contributed by atoms with Crippen LogP contribution in [-0.2, 0) is 9.59 Å². The number of allylic oxidation sites excluding steroid dienone is 4. The van der Waals surface area contributed by atoms with Crippen LogP contribution in [0, 0.1) is 6.92 Å². The summed E-state index contributed by atoms with van der Waals surface area (Å²) in [6, 6.07) is 0.0104. The first-order valence-electron chi connectivity index (χ1n) is 11.7. The number of aliphatic imine (C=N–C) groups is 2. The van der Waals surface area contributed by atoms with E-state index in [0.717, 1.165) is 30.7 Å². The van der Waals surface area contributed by atoms with Crippen LogP contribution < -0.4 is 10.6 Å². The molecule has 1 aliphatic carbocycles. The third-order valence-corrected chi connectivity index (χ3v) is 6.21. The monoisotopic (exact) mass is 466 g/mol. The number of carbonyl (C=O) groups excluding carboxylic acids is 3. The lowest BCUT2D eigenvalue weighted by molar-refractivity contribution is -0.137. The van der Waals surface area contributed by atoms with Crippen LogP contribution in [0.2, 0.25) is 0 Å². The second-order valence-electron chi connectivity index (χ2n) is 8.93. The number of likely N-dealkylation sites (tertiary alicyclic amines) is 1. The minimum atomic E-state index is -1.08. The Kier molecular flexibility index (Phi) is 7.04. The van der Waals surface area contributed by atoms with Gasteiger partial charge < -0.3 is 20.1 Å². The van der Waals surface area contributed by atoms with Crippen molar-refractivity contribution in [3.8, 4) is 0 Å². The van der Waals surface area contributed by atoms with Gasteiger partial charge >= 0.3 is 0 Å². The number of hydrogen-bond acceptors (Lipinski definition) is 7. The number of nitrogens with zero attached hydrogens (tertiary/aromatic N) is 4. The molecule has 3 heterocycles. The number of aryl methyl sites for hydroxylation is 1. The lowest BCUT2D eigenvalue weighted by Gasteiger charge is -2.34. The molecule has 3 aliphatic rings. The molecule has 10 nitrogen and oxygen atoms in total. The molecule has 0 spiro atoms. The summed E-state index contributed by atoms with van der Waals surface area (Å²) in [5, 5.41) is 9.23. The normalized spacial score (nSPS) is 21.1. The minimum absolute atomic E-state index is 0.0530. The molecular formula is C24H30N6O4. The highest BCUT2D eigenvalue weighted by molar-refractivity contribution is 6.15. The van der Waals surface area contributed by atoms with Gasteiger partial charge in [0.2, 0.25) is 11.8 Å². The predicted molar refractivity (Wildman–Crippen MR) is 126 cm³/mol. The summed E-state index contributed by atoms with van der Waals surface area (Å²) in [6.45, 7) is 6.10. The molecule has 34 heavy (non-hydrogen) atoms. The summed E-state index contributed by atoms with van der Waals surface area (Å²) in [4.78, 5) is 49.8. The number of amides is 3. The summed E-state index contributed by atoms with van der Waals surface area (Å²) in [6.07, 6.45) is 9.27. The lowest BCUT2D eigenvalue weighted by atomic mass is 10.0. The van der Waals surface area contributed by atoms with E-state index in [-0.39, 0.29) is 24.1 Å². The summed E-state index contributed by atoms with van der Waals surface area (Å²) in [5.74, 6) is -0.265. The van der Waals surface area contributed by atoms with Crippen molar-refractivity contribution in [2.45, 2.75) is 71.0 Å². The van der Waals surface area contributed by atoms with E-state index in [1.165, 1.54) is 6.07 Å². The van der Waals surface area contributed by atoms with Gasteiger partial charge in [0, 0.05) is 25.1 Å². The second kappa shape index (κ2) is 10.1. The van der Waals surface area contributed by atoms with Crippen molar-refractivity contribution in [1.82, 2.24) is 20.7 Å². The van der Waals surface area contributed by atoms with Crippen LogP contribution in [0.5, 0.6) is 0 Å².